The van der Waals surface area contributed by atoms with Crippen molar-refractivity contribution in [3.05, 3.63) is 23.7 Å². The van der Waals surface area contributed by atoms with Gasteiger partial charge in [-0.3, -0.25) is 0 Å². The molecule has 0 aliphatic rings. The van der Waals surface area contributed by atoms with Crippen LogP contribution in [0, 0.1) is 6.92 Å². The van der Waals surface area contributed by atoms with Gasteiger partial charge in [-0.2, -0.15) is 0 Å². The molecule has 1 N–H and O–H groups in total. The number of furan rings is 1. The minimum absolute atomic E-state index is 0.306. The molecule has 0 aliphatic heterocycles. The molecule has 1 rings (SSSR count). The second kappa shape index (κ2) is 5.93. The zero-order valence-electron chi connectivity index (χ0n) is 10.2. The Labute approximate surface area is 92.5 Å². The molecule has 15 heavy (non-hydrogen) atoms. The monoisotopic (exact) mass is 210 g/mol. The summed E-state index contributed by atoms with van der Waals surface area (Å²) >= 11 is 0. The van der Waals surface area contributed by atoms with Crippen LogP contribution in [-0.2, 0) is 0 Å². The minimum Gasteiger partial charge on any atom is -0.465 e. The standard InChI is InChI=1S/C12H22N2O/c1-10-6-7-12(15-10)11(2)13-8-5-9-14(3)4/h6-7,11,13H,5,8-9H2,1-4H3. The Morgan fingerprint density at radius 2 is 2.13 bits per heavy atom. The van der Waals surface area contributed by atoms with E-state index in [2.05, 4.69) is 31.2 Å². The predicted octanol–water partition coefficient (Wildman–Crippen LogP) is 2.19. The Kier molecular flexibility index (Phi) is 4.85. The number of nitrogens with zero attached hydrogens (tertiary/aromatic N) is 1. The van der Waals surface area contributed by atoms with Crippen LogP contribution in [0.25, 0.3) is 0 Å². The third kappa shape index (κ3) is 4.49. The van der Waals surface area contributed by atoms with Crippen LogP contribution >= 0.6 is 0 Å². The quantitative estimate of drug-likeness (QED) is 0.730. The van der Waals surface area contributed by atoms with Gasteiger partial charge in [-0.15, -0.1) is 0 Å². The van der Waals surface area contributed by atoms with Gasteiger partial charge in [0.05, 0.1) is 6.04 Å². The molecule has 0 aromatic carbocycles. The van der Waals surface area contributed by atoms with Gasteiger partial charge in [0.1, 0.15) is 11.5 Å². The lowest BCUT2D eigenvalue weighted by Crippen LogP contribution is -2.23. The Morgan fingerprint density at radius 1 is 1.40 bits per heavy atom. The molecule has 0 aliphatic carbocycles. The van der Waals surface area contributed by atoms with Gasteiger partial charge in [-0.1, -0.05) is 0 Å². The van der Waals surface area contributed by atoms with Crippen molar-refractivity contribution < 1.29 is 4.42 Å². The van der Waals surface area contributed by atoms with Crippen molar-refractivity contribution in [1.29, 1.82) is 0 Å². The SMILES string of the molecule is Cc1ccc(C(C)NCCCN(C)C)o1. The Bertz CT molecular complexity index is 281. The highest BCUT2D eigenvalue weighted by molar-refractivity contribution is 5.08. The summed E-state index contributed by atoms with van der Waals surface area (Å²) in [6, 6.07) is 4.35. The van der Waals surface area contributed by atoms with E-state index in [0.717, 1.165) is 31.0 Å². The summed E-state index contributed by atoms with van der Waals surface area (Å²) in [5, 5.41) is 3.45. The molecule has 1 atom stereocenters. The second-order valence-corrected chi connectivity index (χ2v) is 4.28. The first-order valence-electron chi connectivity index (χ1n) is 5.54. The van der Waals surface area contributed by atoms with E-state index in [9.17, 15) is 0 Å². The average molecular weight is 210 g/mol. The van der Waals surface area contributed by atoms with Gasteiger partial charge in [0, 0.05) is 0 Å². The number of rotatable bonds is 6. The van der Waals surface area contributed by atoms with Crippen molar-refractivity contribution in [1.82, 2.24) is 10.2 Å². The van der Waals surface area contributed by atoms with E-state index in [-0.39, 0.29) is 0 Å². The molecule has 0 radical (unpaired) electrons. The first kappa shape index (κ1) is 12.3. The highest BCUT2D eigenvalue weighted by Crippen LogP contribution is 2.15. The molecule has 86 valence electrons. The largest absolute Gasteiger partial charge is 0.465 e. The molecule has 1 unspecified atom stereocenters. The fourth-order valence-electron chi connectivity index (χ4n) is 1.50. The summed E-state index contributed by atoms with van der Waals surface area (Å²) < 4.78 is 5.55. The summed E-state index contributed by atoms with van der Waals surface area (Å²) in [6.07, 6.45) is 1.16. The normalized spacial score (nSPS) is 13.4. The zero-order valence-corrected chi connectivity index (χ0v) is 10.2. The maximum absolute atomic E-state index is 5.55. The molecule has 1 aromatic heterocycles. The van der Waals surface area contributed by atoms with Gasteiger partial charge in [0.15, 0.2) is 0 Å². The van der Waals surface area contributed by atoms with Gasteiger partial charge in [-0.25, -0.2) is 0 Å². The minimum atomic E-state index is 0.306. The van der Waals surface area contributed by atoms with E-state index < -0.39 is 0 Å². The van der Waals surface area contributed by atoms with Crippen LogP contribution in [0.1, 0.15) is 30.9 Å². The summed E-state index contributed by atoms with van der Waals surface area (Å²) in [7, 11) is 4.19. The summed E-state index contributed by atoms with van der Waals surface area (Å²) in [6.45, 7) is 6.26. The van der Waals surface area contributed by atoms with Gasteiger partial charge >= 0.3 is 0 Å². The molecule has 0 fully saturated rings. The van der Waals surface area contributed by atoms with E-state index in [0.29, 0.717) is 6.04 Å². The third-order valence-corrected chi connectivity index (χ3v) is 2.42. The molecule has 0 saturated heterocycles. The topological polar surface area (TPSA) is 28.4 Å². The van der Waals surface area contributed by atoms with Gasteiger partial charge < -0.3 is 14.6 Å². The molecule has 3 nitrogen and oxygen atoms in total. The number of nitrogens with one attached hydrogen (secondary N) is 1. The zero-order chi connectivity index (χ0) is 11.3. The summed E-state index contributed by atoms with van der Waals surface area (Å²) in [5.74, 6) is 2.00. The molecular formula is C12H22N2O. The van der Waals surface area contributed by atoms with Gasteiger partial charge in [-0.05, 0) is 59.6 Å². The molecule has 0 bridgehead atoms. The lowest BCUT2D eigenvalue weighted by Gasteiger charge is -2.13. The van der Waals surface area contributed by atoms with E-state index in [4.69, 9.17) is 4.42 Å². The van der Waals surface area contributed by atoms with Crippen LogP contribution < -0.4 is 5.32 Å². The molecule has 0 saturated carbocycles. The van der Waals surface area contributed by atoms with Crippen LogP contribution in [0.5, 0.6) is 0 Å². The smallest absolute Gasteiger partial charge is 0.120 e. The van der Waals surface area contributed by atoms with Crippen LogP contribution in [0.4, 0.5) is 0 Å². The summed E-state index contributed by atoms with van der Waals surface area (Å²) in [5.41, 5.74) is 0. The van der Waals surface area contributed by atoms with Crippen LogP contribution in [0.15, 0.2) is 16.5 Å². The van der Waals surface area contributed by atoms with Crippen LogP contribution in [0.3, 0.4) is 0 Å². The van der Waals surface area contributed by atoms with E-state index in [1.165, 1.54) is 0 Å². The number of aryl methyl sites for hydroxylation is 1. The lowest BCUT2D eigenvalue weighted by atomic mass is 10.2. The Hall–Kier alpha value is -0.800. The van der Waals surface area contributed by atoms with E-state index in [1.54, 1.807) is 0 Å². The highest BCUT2D eigenvalue weighted by atomic mass is 16.3. The number of hydrogen-bond donors (Lipinski definition) is 1. The fourth-order valence-corrected chi connectivity index (χ4v) is 1.50. The first-order chi connectivity index (χ1) is 7.09. The van der Waals surface area contributed by atoms with Crippen molar-refractivity contribution in [2.24, 2.45) is 0 Å². The number of hydrogen-bond acceptors (Lipinski definition) is 3. The first-order valence-corrected chi connectivity index (χ1v) is 5.54. The molecular weight excluding hydrogens is 188 g/mol. The van der Waals surface area contributed by atoms with Crippen molar-refractivity contribution in [3.8, 4) is 0 Å². The fraction of sp³-hybridized carbons (Fsp3) is 0.667. The maximum atomic E-state index is 5.55. The third-order valence-electron chi connectivity index (χ3n) is 2.42. The van der Waals surface area contributed by atoms with E-state index in [1.807, 2.05) is 19.1 Å². The molecule has 1 heterocycles. The van der Waals surface area contributed by atoms with Gasteiger partial charge in [0.25, 0.3) is 0 Å². The van der Waals surface area contributed by atoms with E-state index >= 15 is 0 Å². The van der Waals surface area contributed by atoms with Gasteiger partial charge in [0.2, 0.25) is 0 Å². The lowest BCUT2D eigenvalue weighted by molar-refractivity contribution is 0.375. The van der Waals surface area contributed by atoms with Crippen molar-refractivity contribution >= 4 is 0 Å². The highest BCUT2D eigenvalue weighted by Gasteiger charge is 2.07. The second-order valence-electron chi connectivity index (χ2n) is 4.28. The van der Waals surface area contributed by atoms with Crippen LogP contribution in [-0.4, -0.2) is 32.1 Å². The van der Waals surface area contributed by atoms with Crippen molar-refractivity contribution in [3.63, 3.8) is 0 Å². The van der Waals surface area contributed by atoms with Crippen molar-refractivity contribution in [2.75, 3.05) is 27.2 Å². The predicted molar refractivity (Wildman–Crippen MR) is 63.0 cm³/mol. The summed E-state index contributed by atoms with van der Waals surface area (Å²) in [4.78, 5) is 2.20. The maximum Gasteiger partial charge on any atom is 0.120 e. The Balaban J connectivity index is 2.21. The van der Waals surface area contributed by atoms with Crippen molar-refractivity contribution in [2.45, 2.75) is 26.3 Å². The molecule has 3 heteroatoms. The average Bonchev–Trinajstić information content (AvgIpc) is 2.59. The molecule has 0 spiro atoms. The Morgan fingerprint density at radius 3 is 2.67 bits per heavy atom. The molecule has 0 amide bonds. The molecule has 1 aromatic rings. The van der Waals surface area contributed by atoms with Crippen LogP contribution in [0.2, 0.25) is 0 Å².